The maximum absolute atomic E-state index is 12.6. The third-order valence-corrected chi connectivity index (χ3v) is 5.07. The minimum atomic E-state index is -0.112. The summed E-state index contributed by atoms with van der Waals surface area (Å²) >= 11 is 0. The van der Waals surface area contributed by atoms with Gasteiger partial charge in [0.15, 0.2) is 0 Å². The largest absolute Gasteiger partial charge is 0.497 e. The van der Waals surface area contributed by atoms with Gasteiger partial charge in [0.25, 0.3) is 0 Å². The van der Waals surface area contributed by atoms with Gasteiger partial charge in [-0.25, -0.2) is 0 Å². The van der Waals surface area contributed by atoms with Crippen molar-refractivity contribution in [2.45, 2.75) is 26.4 Å². The summed E-state index contributed by atoms with van der Waals surface area (Å²) in [6.45, 7) is 2.49. The maximum Gasteiger partial charge on any atom is 0.247 e. The normalized spacial score (nSPS) is 10.9. The van der Waals surface area contributed by atoms with Gasteiger partial charge < -0.3 is 23.8 Å². The van der Waals surface area contributed by atoms with Gasteiger partial charge in [-0.1, -0.05) is 13.0 Å². The highest BCUT2D eigenvalue weighted by molar-refractivity contribution is 5.86. The lowest BCUT2D eigenvalue weighted by atomic mass is 10.1. The van der Waals surface area contributed by atoms with Crippen molar-refractivity contribution in [3.05, 3.63) is 60.1 Å². The monoisotopic (exact) mass is 420 g/mol. The first-order chi connectivity index (χ1) is 15.1. The van der Waals surface area contributed by atoms with Gasteiger partial charge in [0.05, 0.1) is 14.2 Å². The van der Waals surface area contributed by atoms with E-state index in [0.717, 1.165) is 22.0 Å². The van der Waals surface area contributed by atoms with Gasteiger partial charge in [0, 0.05) is 35.8 Å². The van der Waals surface area contributed by atoms with Gasteiger partial charge in [-0.3, -0.25) is 4.79 Å². The smallest absolute Gasteiger partial charge is 0.247 e. The van der Waals surface area contributed by atoms with Gasteiger partial charge >= 0.3 is 0 Å². The summed E-state index contributed by atoms with van der Waals surface area (Å²) in [7, 11) is 3.20. The highest BCUT2D eigenvalue weighted by Gasteiger charge is 2.12. The van der Waals surface area contributed by atoms with Crippen molar-refractivity contribution in [2.24, 2.45) is 0 Å². The molecule has 0 radical (unpaired) electrons. The van der Waals surface area contributed by atoms with Gasteiger partial charge in [-0.05, 0) is 41.8 Å². The Kier molecular flexibility index (Phi) is 5.88. The van der Waals surface area contributed by atoms with Crippen LogP contribution in [-0.2, 0) is 24.3 Å². The molecule has 8 heteroatoms. The third-order valence-electron chi connectivity index (χ3n) is 5.07. The van der Waals surface area contributed by atoms with E-state index in [2.05, 4.69) is 15.5 Å². The molecule has 0 aliphatic rings. The fraction of sp³-hybridized carbons (Fsp3) is 0.261. The molecular weight excluding hydrogens is 396 g/mol. The van der Waals surface area contributed by atoms with Crippen LogP contribution in [0.1, 0.15) is 18.4 Å². The van der Waals surface area contributed by atoms with Gasteiger partial charge in [0.1, 0.15) is 18.0 Å². The second-order valence-electron chi connectivity index (χ2n) is 7.03. The number of nitrogens with one attached hydrogen (secondary N) is 1. The van der Waals surface area contributed by atoms with E-state index in [1.807, 2.05) is 60.2 Å². The molecule has 0 aliphatic heterocycles. The van der Waals surface area contributed by atoms with Crippen LogP contribution in [0.15, 0.2) is 53.1 Å². The number of nitrogens with zero attached hydrogens (tertiary/aromatic N) is 3. The fourth-order valence-electron chi connectivity index (χ4n) is 3.39. The van der Waals surface area contributed by atoms with Crippen molar-refractivity contribution in [1.29, 1.82) is 0 Å². The average Bonchev–Trinajstić information content (AvgIpc) is 3.44. The van der Waals surface area contributed by atoms with E-state index in [9.17, 15) is 4.79 Å². The first kappa shape index (κ1) is 20.5. The van der Waals surface area contributed by atoms with Crippen LogP contribution in [0, 0.1) is 0 Å². The minimum absolute atomic E-state index is 0.112. The number of hydrogen-bond acceptors (Lipinski definition) is 6. The van der Waals surface area contributed by atoms with Crippen molar-refractivity contribution >= 4 is 16.8 Å². The van der Waals surface area contributed by atoms with Gasteiger partial charge in [0.2, 0.25) is 17.7 Å². The number of ether oxygens (including phenoxy) is 2. The van der Waals surface area contributed by atoms with Crippen LogP contribution in [0.2, 0.25) is 0 Å². The van der Waals surface area contributed by atoms with E-state index in [-0.39, 0.29) is 12.5 Å². The zero-order valence-electron chi connectivity index (χ0n) is 17.7. The van der Waals surface area contributed by atoms with Crippen LogP contribution in [0.3, 0.4) is 0 Å². The molecule has 2 aromatic heterocycles. The van der Waals surface area contributed by atoms with E-state index in [1.54, 1.807) is 14.2 Å². The third kappa shape index (κ3) is 4.37. The standard InChI is InChI=1S/C23H24N4O4/c1-4-22-25-26-23(31-22)16-6-5-15-9-10-27(19(15)12-16)14-21(28)24-13-17-11-18(29-2)7-8-20(17)30-3/h5-12H,4,13-14H2,1-3H3,(H,24,28). The maximum atomic E-state index is 12.6. The molecule has 1 N–H and O–H groups in total. The Bertz CT molecular complexity index is 1210. The summed E-state index contributed by atoms with van der Waals surface area (Å²) in [6.07, 6.45) is 2.58. The molecule has 0 fully saturated rings. The van der Waals surface area contributed by atoms with Crippen LogP contribution in [0.4, 0.5) is 0 Å². The lowest BCUT2D eigenvalue weighted by Crippen LogP contribution is -2.27. The van der Waals surface area contributed by atoms with Gasteiger partial charge in [-0.15, -0.1) is 10.2 Å². The van der Waals surface area contributed by atoms with E-state index in [4.69, 9.17) is 13.9 Å². The summed E-state index contributed by atoms with van der Waals surface area (Å²) in [4.78, 5) is 12.6. The van der Waals surface area contributed by atoms with Crippen molar-refractivity contribution in [3.8, 4) is 23.0 Å². The molecule has 160 valence electrons. The fourth-order valence-corrected chi connectivity index (χ4v) is 3.39. The molecule has 0 atom stereocenters. The molecular formula is C23H24N4O4. The predicted octanol–water partition coefficient (Wildman–Crippen LogP) is 3.59. The molecule has 0 spiro atoms. The minimum Gasteiger partial charge on any atom is -0.497 e. The Balaban J connectivity index is 1.49. The number of rotatable bonds is 8. The van der Waals surface area contributed by atoms with Crippen molar-refractivity contribution < 1.29 is 18.7 Å². The number of aryl methyl sites for hydroxylation is 1. The van der Waals surface area contributed by atoms with Crippen molar-refractivity contribution in [2.75, 3.05) is 14.2 Å². The summed E-state index contributed by atoms with van der Waals surface area (Å²) in [5.74, 6) is 2.36. The number of aromatic nitrogens is 3. The molecule has 4 aromatic rings. The quantitative estimate of drug-likeness (QED) is 0.468. The van der Waals surface area contributed by atoms with E-state index in [0.29, 0.717) is 36.2 Å². The highest BCUT2D eigenvalue weighted by atomic mass is 16.5. The summed E-state index contributed by atoms with van der Waals surface area (Å²) in [6, 6.07) is 13.4. The molecule has 0 saturated carbocycles. The number of fused-ring (bicyclic) bond motifs is 1. The second-order valence-corrected chi connectivity index (χ2v) is 7.03. The Hall–Kier alpha value is -3.81. The van der Waals surface area contributed by atoms with E-state index >= 15 is 0 Å². The average molecular weight is 420 g/mol. The van der Waals surface area contributed by atoms with E-state index in [1.165, 1.54) is 0 Å². The molecule has 0 unspecified atom stereocenters. The molecule has 1 amide bonds. The lowest BCUT2D eigenvalue weighted by molar-refractivity contribution is -0.121. The summed E-state index contributed by atoms with van der Waals surface area (Å²) in [5.41, 5.74) is 2.59. The molecule has 4 rings (SSSR count). The van der Waals surface area contributed by atoms with Crippen molar-refractivity contribution in [3.63, 3.8) is 0 Å². The number of methoxy groups -OCH3 is 2. The lowest BCUT2D eigenvalue weighted by Gasteiger charge is -2.12. The molecule has 0 saturated heterocycles. The van der Waals surface area contributed by atoms with Crippen LogP contribution < -0.4 is 14.8 Å². The number of carbonyl (C=O) groups is 1. The SMILES string of the molecule is CCc1nnc(-c2ccc3ccn(CC(=O)NCc4cc(OC)ccc4OC)c3c2)o1. The predicted molar refractivity (Wildman–Crippen MR) is 116 cm³/mol. The Labute approximate surface area is 179 Å². The number of carbonyl (C=O) groups excluding carboxylic acids is 1. The molecule has 31 heavy (non-hydrogen) atoms. The summed E-state index contributed by atoms with van der Waals surface area (Å²) < 4.78 is 18.2. The Morgan fingerprint density at radius 3 is 2.71 bits per heavy atom. The highest BCUT2D eigenvalue weighted by Crippen LogP contribution is 2.25. The van der Waals surface area contributed by atoms with Crippen LogP contribution in [-0.4, -0.2) is 34.9 Å². The number of hydrogen-bond donors (Lipinski definition) is 1. The topological polar surface area (TPSA) is 91.4 Å². The van der Waals surface area contributed by atoms with Crippen LogP contribution in [0.25, 0.3) is 22.4 Å². The van der Waals surface area contributed by atoms with Crippen LogP contribution >= 0.6 is 0 Å². The number of benzene rings is 2. The Morgan fingerprint density at radius 1 is 1.10 bits per heavy atom. The van der Waals surface area contributed by atoms with Gasteiger partial charge in [-0.2, -0.15) is 0 Å². The zero-order valence-corrected chi connectivity index (χ0v) is 17.7. The van der Waals surface area contributed by atoms with Crippen LogP contribution in [0.5, 0.6) is 11.5 Å². The molecule has 0 aliphatic carbocycles. The number of amides is 1. The van der Waals surface area contributed by atoms with E-state index < -0.39 is 0 Å². The first-order valence-electron chi connectivity index (χ1n) is 10.0. The first-order valence-corrected chi connectivity index (χ1v) is 10.0. The molecule has 2 aromatic carbocycles. The second kappa shape index (κ2) is 8.91. The summed E-state index contributed by atoms with van der Waals surface area (Å²) in [5, 5.41) is 12.1. The molecule has 8 nitrogen and oxygen atoms in total. The molecule has 2 heterocycles. The Morgan fingerprint density at radius 2 is 1.97 bits per heavy atom. The molecule has 0 bridgehead atoms. The zero-order chi connectivity index (χ0) is 21.8. The van der Waals surface area contributed by atoms with Crippen molar-refractivity contribution in [1.82, 2.24) is 20.1 Å².